The molecule has 2 rings (SSSR count). The molecule has 0 amide bonds. The Labute approximate surface area is 116 Å². The lowest BCUT2D eigenvalue weighted by atomic mass is 10.2. The van der Waals surface area contributed by atoms with Gasteiger partial charge in [-0.3, -0.25) is 0 Å². The standard InChI is InChI=1S/C12H14FN3O3S/c1-14-7-9-2-3-11(13)12(6-9)20(17,18)15-8-10-4-5-19-16-10/h2-6,14-15H,7-8H2,1H3. The molecular formula is C12H14FN3O3S. The first kappa shape index (κ1) is 14.6. The first-order valence-electron chi connectivity index (χ1n) is 5.85. The summed E-state index contributed by atoms with van der Waals surface area (Å²) < 4.78 is 44.7. The van der Waals surface area contributed by atoms with Crippen LogP contribution in [-0.4, -0.2) is 20.6 Å². The molecule has 0 unspecified atom stereocenters. The summed E-state index contributed by atoms with van der Waals surface area (Å²) in [5.74, 6) is -0.794. The van der Waals surface area contributed by atoms with Gasteiger partial charge in [-0.25, -0.2) is 17.5 Å². The highest BCUT2D eigenvalue weighted by Gasteiger charge is 2.19. The largest absolute Gasteiger partial charge is 0.364 e. The zero-order valence-corrected chi connectivity index (χ0v) is 11.6. The maximum atomic E-state index is 13.7. The average molecular weight is 299 g/mol. The van der Waals surface area contributed by atoms with E-state index in [1.165, 1.54) is 24.5 Å². The van der Waals surface area contributed by atoms with Gasteiger partial charge >= 0.3 is 0 Å². The van der Waals surface area contributed by atoms with Crippen molar-refractivity contribution in [1.29, 1.82) is 0 Å². The van der Waals surface area contributed by atoms with Crippen molar-refractivity contribution < 1.29 is 17.3 Å². The first-order chi connectivity index (χ1) is 9.53. The van der Waals surface area contributed by atoms with Crippen LogP contribution in [0.1, 0.15) is 11.3 Å². The number of benzene rings is 1. The molecular weight excluding hydrogens is 285 g/mol. The molecule has 2 aromatic rings. The van der Waals surface area contributed by atoms with E-state index < -0.39 is 15.8 Å². The van der Waals surface area contributed by atoms with Gasteiger partial charge in [0.15, 0.2) is 0 Å². The Morgan fingerprint density at radius 3 is 2.75 bits per heavy atom. The molecule has 0 aliphatic heterocycles. The summed E-state index contributed by atoms with van der Waals surface area (Å²) in [5, 5.41) is 6.45. The van der Waals surface area contributed by atoms with Crippen LogP contribution in [-0.2, 0) is 23.1 Å². The molecule has 20 heavy (non-hydrogen) atoms. The Morgan fingerprint density at radius 2 is 2.10 bits per heavy atom. The smallest absolute Gasteiger partial charge is 0.243 e. The highest BCUT2D eigenvalue weighted by Crippen LogP contribution is 2.16. The van der Waals surface area contributed by atoms with Crippen molar-refractivity contribution >= 4 is 10.0 Å². The van der Waals surface area contributed by atoms with Crippen LogP contribution in [0.2, 0.25) is 0 Å². The van der Waals surface area contributed by atoms with Crippen LogP contribution in [0.5, 0.6) is 0 Å². The third-order valence-electron chi connectivity index (χ3n) is 2.60. The van der Waals surface area contributed by atoms with E-state index in [1.54, 1.807) is 7.05 Å². The predicted octanol–water partition coefficient (Wildman–Crippen LogP) is 1.01. The monoisotopic (exact) mass is 299 g/mol. The molecule has 8 heteroatoms. The molecule has 2 N–H and O–H groups in total. The molecule has 108 valence electrons. The van der Waals surface area contributed by atoms with Gasteiger partial charge in [-0.05, 0) is 24.7 Å². The second kappa shape index (κ2) is 6.12. The Hall–Kier alpha value is -1.77. The summed E-state index contributed by atoms with van der Waals surface area (Å²) in [6.07, 6.45) is 1.33. The molecule has 0 atom stereocenters. The number of hydrogen-bond acceptors (Lipinski definition) is 5. The summed E-state index contributed by atoms with van der Waals surface area (Å²) >= 11 is 0. The minimum Gasteiger partial charge on any atom is -0.364 e. The van der Waals surface area contributed by atoms with E-state index in [4.69, 9.17) is 0 Å². The zero-order valence-electron chi connectivity index (χ0n) is 10.8. The number of nitrogens with one attached hydrogen (secondary N) is 2. The number of halogens is 1. The Kier molecular flexibility index (Phi) is 4.48. The molecule has 6 nitrogen and oxygen atoms in total. The summed E-state index contributed by atoms with van der Waals surface area (Å²) in [7, 11) is -2.22. The second-order valence-electron chi connectivity index (χ2n) is 4.11. The summed E-state index contributed by atoms with van der Waals surface area (Å²) in [6.45, 7) is 0.389. The molecule has 0 aliphatic carbocycles. The number of nitrogens with zero attached hydrogens (tertiary/aromatic N) is 1. The van der Waals surface area contributed by atoms with Crippen molar-refractivity contribution in [3.63, 3.8) is 0 Å². The topological polar surface area (TPSA) is 84.2 Å². The normalized spacial score (nSPS) is 11.7. The molecule has 0 radical (unpaired) electrons. The van der Waals surface area contributed by atoms with Crippen molar-refractivity contribution in [2.24, 2.45) is 0 Å². The summed E-state index contributed by atoms with van der Waals surface area (Å²) in [4.78, 5) is -0.381. The maximum Gasteiger partial charge on any atom is 0.243 e. The highest BCUT2D eigenvalue weighted by molar-refractivity contribution is 7.89. The average Bonchev–Trinajstić information content (AvgIpc) is 2.92. The third-order valence-corrected chi connectivity index (χ3v) is 4.02. The van der Waals surface area contributed by atoms with Gasteiger partial charge in [0, 0.05) is 12.6 Å². The molecule has 0 spiro atoms. The van der Waals surface area contributed by atoms with E-state index in [2.05, 4.69) is 19.7 Å². The minimum atomic E-state index is -3.94. The van der Waals surface area contributed by atoms with Gasteiger partial charge in [0.2, 0.25) is 10.0 Å². The van der Waals surface area contributed by atoms with Crippen LogP contribution in [0.3, 0.4) is 0 Å². The first-order valence-corrected chi connectivity index (χ1v) is 7.33. The fourth-order valence-electron chi connectivity index (χ4n) is 1.64. The van der Waals surface area contributed by atoms with Crippen LogP contribution < -0.4 is 10.0 Å². The Bertz CT molecular complexity index is 671. The van der Waals surface area contributed by atoms with Crippen molar-refractivity contribution in [3.05, 3.63) is 47.6 Å². The van der Waals surface area contributed by atoms with Crippen LogP contribution in [0.25, 0.3) is 0 Å². The van der Waals surface area contributed by atoms with Gasteiger partial charge in [-0.2, -0.15) is 0 Å². The minimum absolute atomic E-state index is 0.0610. The molecule has 0 saturated heterocycles. The van der Waals surface area contributed by atoms with Crippen molar-refractivity contribution in [2.45, 2.75) is 18.0 Å². The summed E-state index contributed by atoms with van der Waals surface area (Å²) in [6, 6.07) is 5.49. The molecule has 0 fully saturated rings. The van der Waals surface area contributed by atoms with E-state index in [-0.39, 0.29) is 11.4 Å². The lowest BCUT2D eigenvalue weighted by Crippen LogP contribution is -2.24. The fourth-order valence-corrected chi connectivity index (χ4v) is 2.77. The predicted molar refractivity (Wildman–Crippen MR) is 69.7 cm³/mol. The van der Waals surface area contributed by atoms with Gasteiger partial charge in [0.05, 0.1) is 12.2 Å². The number of hydrogen-bond donors (Lipinski definition) is 2. The van der Waals surface area contributed by atoms with Crippen molar-refractivity contribution in [1.82, 2.24) is 15.2 Å². The highest BCUT2D eigenvalue weighted by atomic mass is 32.2. The van der Waals surface area contributed by atoms with Crippen molar-refractivity contribution in [2.75, 3.05) is 7.05 Å². The van der Waals surface area contributed by atoms with E-state index in [0.29, 0.717) is 17.8 Å². The summed E-state index contributed by atoms with van der Waals surface area (Å²) in [5.41, 5.74) is 1.09. The maximum absolute atomic E-state index is 13.7. The van der Waals surface area contributed by atoms with Crippen LogP contribution >= 0.6 is 0 Å². The van der Waals surface area contributed by atoms with Crippen LogP contribution in [0, 0.1) is 5.82 Å². The molecule has 0 bridgehead atoms. The lowest BCUT2D eigenvalue weighted by Gasteiger charge is -2.08. The van der Waals surface area contributed by atoms with Gasteiger partial charge in [0.25, 0.3) is 0 Å². The molecule has 0 aliphatic rings. The molecule has 1 aromatic carbocycles. The Morgan fingerprint density at radius 1 is 1.30 bits per heavy atom. The quantitative estimate of drug-likeness (QED) is 0.831. The number of rotatable bonds is 6. The third kappa shape index (κ3) is 3.41. The molecule has 1 heterocycles. The number of aromatic nitrogens is 1. The van der Waals surface area contributed by atoms with Gasteiger partial charge in [-0.15, -0.1) is 0 Å². The molecule has 0 saturated carbocycles. The molecule has 1 aromatic heterocycles. The number of sulfonamides is 1. The second-order valence-corrected chi connectivity index (χ2v) is 5.85. The Balaban J connectivity index is 2.21. The van der Waals surface area contributed by atoms with Gasteiger partial charge in [0.1, 0.15) is 17.0 Å². The van der Waals surface area contributed by atoms with E-state index in [0.717, 1.165) is 6.07 Å². The van der Waals surface area contributed by atoms with E-state index in [9.17, 15) is 12.8 Å². The van der Waals surface area contributed by atoms with Crippen LogP contribution in [0.4, 0.5) is 4.39 Å². The van der Waals surface area contributed by atoms with E-state index >= 15 is 0 Å². The van der Waals surface area contributed by atoms with E-state index in [1.807, 2.05) is 0 Å². The van der Waals surface area contributed by atoms with Crippen molar-refractivity contribution in [3.8, 4) is 0 Å². The lowest BCUT2D eigenvalue weighted by molar-refractivity contribution is 0.411. The zero-order chi connectivity index (χ0) is 14.6. The van der Waals surface area contributed by atoms with Gasteiger partial charge < -0.3 is 9.84 Å². The SMILES string of the molecule is CNCc1ccc(F)c(S(=O)(=O)NCc2ccon2)c1. The van der Waals surface area contributed by atoms with Crippen LogP contribution in [0.15, 0.2) is 39.9 Å². The fraction of sp³-hybridized carbons (Fsp3) is 0.250. The van der Waals surface area contributed by atoms with Gasteiger partial charge in [-0.1, -0.05) is 11.2 Å².